The highest BCUT2D eigenvalue weighted by molar-refractivity contribution is 5.99. The second kappa shape index (κ2) is 6.53. The topological polar surface area (TPSA) is 124 Å². The van der Waals surface area contributed by atoms with Crippen LogP contribution in [-0.4, -0.2) is 22.9 Å². The van der Waals surface area contributed by atoms with Crippen molar-refractivity contribution in [1.82, 2.24) is 0 Å². The van der Waals surface area contributed by atoms with Gasteiger partial charge in [-0.05, 0) is 18.9 Å². The van der Waals surface area contributed by atoms with Gasteiger partial charge < -0.3 is 16.8 Å². The summed E-state index contributed by atoms with van der Waals surface area (Å²) in [5, 5.41) is 14.0. The van der Waals surface area contributed by atoms with Gasteiger partial charge in [-0.2, -0.15) is 0 Å². The van der Waals surface area contributed by atoms with Gasteiger partial charge in [0, 0.05) is 29.9 Å². The summed E-state index contributed by atoms with van der Waals surface area (Å²) in [5.41, 5.74) is 11.9. The number of anilines is 1. The van der Waals surface area contributed by atoms with Crippen LogP contribution in [0.5, 0.6) is 0 Å². The van der Waals surface area contributed by atoms with Gasteiger partial charge in [-0.1, -0.05) is 19.3 Å². The highest BCUT2D eigenvalue weighted by atomic mass is 16.6. The number of primary amides is 1. The number of hydrogen-bond donors (Lipinski definition) is 3. The van der Waals surface area contributed by atoms with Crippen LogP contribution in [0, 0.1) is 10.1 Å². The van der Waals surface area contributed by atoms with Crippen molar-refractivity contribution in [3.8, 4) is 0 Å². The molecular weight excluding hydrogens is 272 g/mol. The Hall–Kier alpha value is -2.15. The SMILES string of the molecule is NC(=O)c1cc([N+](=O)[O-])ccc1NC1CCCCCC1N. The Balaban J connectivity index is 2.26. The Bertz CT molecular complexity index is 547. The number of nitrogens with zero attached hydrogens (tertiary/aromatic N) is 1. The van der Waals surface area contributed by atoms with E-state index in [0.717, 1.165) is 32.1 Å². The fourth-order valence-corrected chi connectivity index (χ4v) is 2.69. The van der Waals surface area contributed by atoms with Gasteiger partial charge in [0.15, 0.2) is 0 Å². The summed E-state index contributed by atoms with van der Waals surface area (Å²) >= 11 is 0. The molecule has 1 fully saturated rings. The molecule has 1 aliphatic rings. The molecular formula is C14H20N4O3. The number of nitro benzene ring substituents is 1. The number of carbonyl (C=O) groups is 1. The molecule has 0 bridgehead atoms. The summed E-state index contributed by atoms with van der Waals surface area (Å²) in [6.45, 7) is 0. The Morgan fingerprint density at radius 2 is 2.00 bits per heavy atom. The number of amides is 1. The van der Waals surface area contributed by atoms with Crippen molar-refractivity contribution in [2.75, 3.05) is 5.32 Å². The zero-order valence-corrected chi connectivity index (χ0v) is 11.7. The van der Waals surface area contributed by atoms with Crippen molar-refractivity contribution < 1.29 is 9.72 Å². The first-order valence-electron chi connectivity index (χ1n) is 7.09. The van der Waals surface area contributed by atoms with Gasteiger partial charge in [-0.15, -0.1) is 0 Å². The molecule has 0 saturated heterocycles. The van der Waals surface area contributed by atoms with Gasteiger partial charge in [0.05, 0.1) is 10.5 Å². The fourth-order valence-electron chi connectivity index (χ4n) is 2.69. The lowest BCUT2D eigenvalue weighted by Crippen LogP contribution is -2.39. The van der Waals surface area contributed by atoms with Crippen molar-refractivity contribution in [3.63, 3.8) is 0 Å². The first-order valence-corrected chi connectivity index (χ1v) is 7.09. The van der Waals surface area contributed by atoms with Crippen LogP contribution in [0.2, 0.25) is 0 Å². The lowest BCUT2D eigenvalue weighted by molar-refractivity contribution is -0.384. The standard InChI is InChI=1S/C14H20N4O3/c15-11-4-2-1-3-5-13(11)17-12-7-6-9(18(20)21)8-10(12)14(16)19/h6-8,11,13,17H,1-5,15H2,(H2,16,19). The second-order valence-electron chi connectivity index (χ2n) is 5.40. The largest absolute Gasteiger partial charge is 0.380 e. The zero-order chi connectivity index (χ0) is 15.4. The Labute approximate surface area is 122 Å². The molecule has 7 nitrogen and oxygen atoms in total. The summed E-state index contributed by atoms with van der Waals surface area (Å²) in [4.78, 5) is 21.8. The molecule has 1 aromatic carbocycles. The van der Waals surface area contributed by atoms with Crippen molar-refractivity contribution >= 4 is 17.3 Å². The third-order valence-corrected chi connectivity index (χ3v) is 3.89. The summed E-state index contributed by atoms with van der Waals surface area (Å²) in [6, 6.07) is 4.13. The van der Waals surface area contributed by atoms with Crippen LogP contribution >= 0.6 is 0 Å². The van der Waals surface area contributed by atoms with Gasteiger partial charge >= 0.3 is 0 Å². The van der Waals surface area contributed by atoms with E-state index in [-0.39, 0.29) is 23.3 Å². The van der Waals surface area contributed by atoms with E-state index in [1.165, 1.54) is 18.2 Å². The molecule has 1 aromatic rings. The molecule has 0 radical (unpaired) electrons. The van der Waals surface area contributed by atoms with Crippen LogP contribution in [0.1, 0.15) is 42.5 Å². The van der Waals surface area contributed by atoms with Crippen molar-refractivity contribution in [1.29, 1.82) is 0 Å². The Morgan fingerprint density at radius 1 is 1.29 bits per heavy atom. The molecule has 0 aromatic heterocycles. The predicted molar refractivity (Wildman–Crippen MR) is 80.1 cm³/mol. The van der Waals surface area contributed by atoms with Crippen LogP contribution in [0.15, 0.2) is 18.2 Å². The van der Waals surface area contributed by atoms with Gasteiger partial charge in [0.1, 0.15) is 0 Å². The van der Waals surface area contributed by atoms with E-state index in [9.17, 15) is 14.9 Å². The molecule has 0 spiro atoms. The molecule has 1 amide bonds. The third kappa shape index (κ3) is 3.69. The molecule has 0 heterocycles. The van der Waals surface area contributed by atoms with Crippen molar-refractivity contribution in [2.24, 2.45) is 11.5 Å². The van der Waals surface area contributed by atoms with Gasteiger partial charge in [-0.3, -0.25) is 14.9 Å². The number of rotatable bonds is 4. The van der Waals surface area contributed by atoms with Gasteiger partial charge in [0.25, 0.3) is 11.6 Å². The Morgan fingerprint density at radius 3 is 2.67 bits per heavy atom. The monoisotopic (exact) mass is 292 g/mol. The third-order valence-electron chi connectivity index (χ3n) is 3.89. The lowest BCUT2D eigenvalue weighted by Gasteiger charge is -2.24. The number of nitrogens with one attached hydrogen (secondary N) is 1. The van der Waals surface area contributed by atoms with Crippen LogP contribution in [0.4, 0.5) is 11.4 Å². The normalized spacial score (nSPS) is 22.3. The Kier molecular flexibility index (Phi) is 4.74. The number of nitrogens with two attached hydrogens (primary N) is 2. The molecule has 7 heteroatoms. The van der Waals surface area contributed by atoms with Gasteiger partial charge in [0.2, 0.25) is 0 Å². The molecule has 1 saturated carbocycles. The van der Waals surface area contributed by atoms with Gasteiger partial charge in [-0.25, -0.2) is 0 Å². The van der Waals surface area contributed by atoms with Crippen LogP contribution in [0.25, 0.3) is 0 Å². The first kappa shape index (κ1) is 15.2. The first-order chi connectivity index (χ1) is 9.99. The maximum Gasteiger partial charge on any atom is 0.270 e. The van der Waals surface area contributed by atoms with Crippen molar-refractivity contribution in [3.05, 3.63) is 33.9 Å². The van der Waals surface area contributed by atoms with E-state index in [1.54, 1.807) is 0 Å². The number of carbonyl (C=O) groups excluding carboxylic acids is 1. The molecule has 1 aliphatic carbocycles. The minimum absolute atomic E-state index is 0.00317. The number of nitro groups is 1. The molecule has 2 rings (SSSR count). The van der Waals surface area contributed by atoms with E-state index in [4.69, 9.17) is 11.5 Å². The fraction of sp³-hybridized carbons (Fsp3) is 0.500. The van der Waals surface area contributed by atoms with Crippen LogP contribution in [0.3, 0.4) is 0 Å². The molecule has 2 atom stereocenters. The number of hydrogen-bond acceptors (Lipinski definition) is 5. The molecule has 2 unspecified atom stereocenters. The number of benzene rings is 1. The van der Waals surface area contributed by atoms with E-state index >= 15 is 0 Å². The van der Waals surface area contributed by atoms with Crippen LogP contribution < -0.4 is 16.8 Å². The zero-order valence-electron chi connectivity index (χ0n) is 11.7. The minimum Gasteiger partial charge on any atom is -0.380 e. The molecule has 0 aliphatic heterocycles. The maximum atomic E-state index is 11.5. The second-order valence-corrected chi connectivity index (χ2v) is 5.40. The summed E-state index contributed by atoms with van der Waals surface area (Å²) in [6.07, 6.45) is 5.16. The smallest absolute Gasteiger partial charge is 0.270 e. The van der Waals surface area contributed by atoms with E-state index in [1.807, 2.05) is 0 Å². The van der Waals surface area contributed by atoms with E-state index in [2.05, 4.69) is 5.32 Å². The van der Waals surface area contributed by atoms with Crippen molar-refractivity contribution in [2.45, 2.75) is 44.2 Å². The average Bonchev–Trinajstić information content (AvgIpc) is 2.64. The quantitative estimate of drug-likeness (QED) is 0.443. The molecule has 21 heavy (non-hydrogen) atoms. The van der Waals surface area contributed by atoms with E-state index in [0.29, 0.717) is 5.69 Å². The number of non-ortho nitro benzene ring substituents is 1. The minimum atomic E-state index is -0.691. The summed E-state index contributed by atoms with van der Waals surface area (Å²) in [5.74, 6) is -0.691. The molecule has 5 N–H and O–H groups in total. The summed E-state index contributed by atoms with van der Waals surface area (Å²) < 4.78 is 0. The predicted octanol–water partition coefficient (Wildman–Crippen LogP) is 1.77. The van der Waals surface area contributed by atoms with Crippen LogP contribution in [-0.2, 0) is 0 Å². The maximum absolute atomic E-state index is 11.5. The summed E-state index contributed by atoms with van der Waals surface area (Å²) in [7, 11) is 0. The highest BCUT2D eigenvalue weighted by Gasteiger charge is 2.22. The van der Waals surface area contributed by atoms with E-state index < -0.39 is 10.8 Å². The highest BCUT2D eigenvalue weighted by Crippen LogP contribution is 2.25. The lowest BCUT2D eigenvalue weighted by atomic mass is 10.0. The molecule has 114 valence electrons. The average molecular weight is 292 g/mol.